The second-order valence-corrected chi connectivity index (χ2v) is 4.97. The van der Waals surface area contributed by atoms with Crippen molar-refractivity contribution in [3.8, 4) is 6.07 Å². The molecule has 0 amide bonds. The van der Waals surface area contributed by atoms with E-state index in [0.717, 1.165) is 13.2 Å². The number of nitriles is 1. The Kier molecular flexibility index (Phi) is 4.55. The van der Waals surface area contributed by atoms with Crippen molar-refractivity contribution >= 4 is 5.97 Å². The first-order valence-corrected chi connectivity index (χ1v) is 6.75. The van der Waals surface area contributed by atoms with Gasteiger partial charge in [0.15, 0.2) is 0 Å². The maximum atomic E-state index is 13.3. The number of alkyl halides is 3. The normalized spacial score (nSPS) is 18.1. The van der Waals surface area contributed by atoms with E-state index >= 15 is 0 Å². The van der Waals surface area contributed by atoms with Crippen molar-refractivity contribution in [1.82, 2.24) is 0 Å². The Morgan fingerprint density at radius 2 is 2.00 bits per heavy atom. The number of carbonyl (C=O) groups is 1. The molecule has 1 heterocycles. The third-order valence-electron chi connectivity index (χ3n) is 3.59. The molecule has 24 heavy (non-hydrogen) atoms. The van der Waals surface area contributed by atoms with Crippen LogP contribution in [0.5, 0.6) is 0 Å². The maximum absolute atomic E-state index is 13.3. The summed E-state index contributed by atoms with van der Waals surface area (Å²) in [5, 5.41) is 9.32. The Bertz CT molecular complexity index is 788. The minimum absolute atomic E-state index is 0.0136. The highest BCUT2D eigenvalue weighted by Gasteiger charge is 2.42. The summed E-state index contributed by atoms with van der Waals surface area (Å²) >= 11 is 0. The van der Waals surface area contributed by atoms with Crippen LogP contribution < -0.4 is 5.73 Å². The van der Waals surface area contributed by atoms with Gasteiger partial charge in [-0.3, -0.25) is 0 Å². The molecule has 1 aromatic rings. The Hall–Kier alpha value is -2.95. The molecule has 0 saturated carbocycles. The van der Waals surface area contributed by atoms with Crippen molar-refractivity contribution in [2.75, 3.05) is 7.11 Å². The smallest absolute Gasteiger partial charge is 0.416 e. The van der Waals surface area contributed by atoms with E-state index in [1.54, 1.807) is 6.07 Å². The summed E-state index contributed by atoms with van der Waals surface area (Å²) in [6, 6.07) is 6.41. The van der Waals surface area contributed by atoms with Crippen LogP contribution in [-0.4, -0.2) is 13.1 Å². The number of esters is 1. The van der Waals surface area contributed by atoms with Crippen LogP contribution in [0, 0.1) is 11.3 Å². The fraction of sp³-hybridized carbons (Fsp3) is 0.250. The fourth-order valence-electron chi connectivity index (χ4n) is 2.57. The van der Waals surface area contributed by atoms with E-state index < -0.39 is 23.6 Å². The van der Waals surface area contributed by atoms with Crippen LogP contribution in [0.15, 0.2) is 47.1 Å². The molecular weight excluding hydrogens is 325 g/mol. The largest absolute Gasteiger partial charge is 0.466 e. The average Bonchev–Trinajstić information content (AvgIpc) is 2.52. The summed E-state index contributed by atoms with van der Waals surface area (Å²) in [6.45, 7) is 1.37. The summed E-state index contributed by atoms with van der Waals surface area (Å²) in [5.41, 5.74) is 3.93. The van der Waals surface area contributed by atoms with Crippen LogP contribution in [0.25, 0.3) is 0 Å². The first kappa shape index (κ1) is 17.4. The molecular formula is C16H13F3N2O3. The van der Waals surface area contributed by atoms with Gasteiger partial charge in [0.2, 0.25) is 5.88 Å². The van der Waals surface area contributed by atoms with Crippen LogP contribution in [0.2, 0.25) is 0 Å². The number of hydrogen-bond donors (Lipinski definition) is 1. The Labute approximate surface area is 135 Å². The minimum atomic E-state index is -4.67. The molecule has 1 aromatic carbocycles. The number of benzene rings is 1. The van der Waals surface area contributed by atoms with E-state index in [4.69, 9.17) is 10.5 Å². The third-order valence-corrected chi connectivity index (χ3v) is 3.59. The van der Waals surface area contributed by atoms with Crippen LogP contribution in [-0.2, 0) is 20.4 Å². The van der Waals surface area contributed by atoms with Gasteiger partial charge in [0.05, 0.1) is 24.2 Å². The van der Waals surface area contributed by atoms with Crippen molar-refractivity contribution in [3.63, 3.8) is 0 Å². The molecule has 0 aliphatic carbocycles. The highest BCUT2D eigenvalue weighted by molar-refractivity contribution is 5.92. The maximum Gasteiger partial charge on any atom is 0.416 e. The number of carbonyl (C=O) groups excluding carboxylic acids is 1. The van der Waals surface area contributed by atoms with Gasteiger partial charge in [-0.15, -0.1) is 0 Å². The van der Waals surface area contributed by atoms with Crippen LogP contribution in [0.1, 0.15) is 24.0 Å². The lowest BCUT2D eigenvalue weighted by Crippen LogP contribution is -2.26. The Morgan fingerprint density at radius 3 is 2.54 bits per heavy atom. The number of ether oxygens (including phenoxy) is 2. The first-order valence-electron chi connectivity index (χ1n) is 6.75. The summed E-state index contributed by atoms with van der Waals surface area (Å²) in [5.74, 6) is -2.58. The molecule has 1 aliphatic rings. The van der Waals surface area contributed by atoms with Crippen LogP contribution in [0.3, 0.4) is 0 Å². The second-order valence-electron chi connectivity index (χ2n) is 4.97. The van der Waals surface area contributed by atoms with Gasteiger partial charge in [0, 0.05) is 0 Å². The predicted molar refractivity (Wildman–Crippen MR) is 76.8 cm³/mol. The fourth-order valence-corrected chi connectivity index (χ4v) is 2.57. The number of allylic oxidation sites excluding steroid dienone is 2. The van der Waals surface area contributed by atoms with Crippen molar-refractivity contribution in [2.24, 2.45) is 5.73 Å². The monoisotopic (exact) mass is 338 g/mol. The Balaban J connectivity index is 2.78. The minimum Gasteiger partial charge on any atom is -0.466 e. The SMILES string of the molecule is COC(=O)C1=C(C)OC(N)=C(C#N)C1c1ccccc1C(F)(F)F. The van der Waals surface area contributed by atoms with Crippen molar-refractivity contribution in [2.45, 2.75) is 19.0 Å². The van der Waals surface area contributed by atoms with Gasteiger partial charge in [-0.2, -0.15) is 18.4 Å². The third kappa shape index (κ3) is 2.93. The molecule has 0 fully saturated rings. The summed E-state index contributed by atoms with van der Waals surface area (Å²) in [6.07, 6.45) is -4.67. The predicted octanol–water partition coefficient (Wildman–Crippen LogP) is 2.96. The summed E-state index contributed by atoms with van der Waals surface area (Å²) < 4.78 is 49.8. The van der Waals surface area contributed by atoms with Crippen molar-refractivity contribution in [3.05, 3.63) is 58.2 Å². The molecule has 0 aromatic heterocycles. The van der Waals surface area contributed by atoms with E-state index in [1.165, 1.54) is 25.1 Å². The molecule has 0 bridgehead atoms. The van der Waals surface area contributed by atoms with Crippen LogP contribution >= 0.6 is 0 Å². The molecule has 2 rings (SSSR count). The summed E-state index contributed by atoms with van der Waals surface area (Å²) in [4.78, 5) is 12.1. The lowest BCUT2D eigenvalue weighted by molar-refractivity contribution is -0.139. The number of methoxy groups -OCH3 is 1. The number of halogens is 3. The highest BCUT2D eigenvalue weighted by Crippen LogP contribution is 2.44. The number of rotatable bonds is 2. The zero-order valence-corrected chi connectivity index (χ0v) is 12.8. The van der Waals surface area contributed by atoms with Gasteiger partial charge in [-0.05, 0) is 18.6 Å². The molecule has 1 aliphatic heterocycles. The topological polar surface area (TPSA) is 85.3 Å². The van der Waals surface area contributed by atoms with Gasteiger partial charge >= 0.3 is 12.1 Å². The van der Waals surface area contributed by atoms with Crippen molar-refractivity contribution in [1.29, 1.82) is 5.26 Å². The summed E-state index contributed by atoms with van der Waals surface area (Å²) in [7, 11) is 1.09. The first-order chi connectivity index (χ1) is 11.2. The van der Waals surface area contributed by atoms with Gasteiger partial charge in [0.25, 0.3) is 0 Å². The molecule has 2 N–H and O–H groups in total. The van der Waals surface area contributed by atoms with Crippen molar-refractivity contribution < 1.29 is 27.4 Å². The van der Waals surface area contributed by atoms with Crippen LogP contribution in [0.4, 0.5) is 13.2 Å². The molecule has 8 heteroatoms. The standard InChI is InChI=1S/C16H13F3N2O3/c1-8-12(15(22)23-2)13(10(7-20)14(21)24-8)9-5-3-4-6-11(9)16(17,18)19/h3-6,13H,21H2,1-2H3. The zero-order chi connectivity index (χ0) is 18.1. The molecule has 0 saturated heterocycles. The van der Waals surface area contributed by atoms with E-state index in [0.29, 0.717) is 0 Å². The molecule has 1 unspecified atom stereocenters. The van der Waals surface area contributed by atoms with Gasteiger partial charge in [0.1, 0.15) is 17.4 Å². The van der Waals surface area contributed by atoms with E-state index in [2.05, 4.69) is 4.74 Å². The molecule has 126 valence electrons. The van der Waals surface area contributed by atoms with E-state index in [1.807, 2.05) is 0 Å². The number of hydrogen-bond acceptors (Lipinski definition) is 5. The second kappa shape index (κ2) is 6.28. The van der Waals surface area contributed by atoms with E-state index in [-0.39, 0.29) is 28.4 Å². The van der Waals surface area contributed by atoms with Gasteiger partial charge in [-0.1, -0.05) is 18.2 Å². The van der Waals surface area contributed by atoms with E-state index in [9.17, 15) is 23.2 Å². The zero-order valence-electron chi connectivity index (χ0n) is 12.8. The molecule has 1 atom stereocenters. The average molecular weight is 338 g/mol. The van der Waals surface area contributed by atoms with Gasteiger partial charge in [-0.25, -0.2) is 4.79 Å². The molecule has 0 spiro atoms. The van der Waals surface area contributed by atoms with Gasteiger partial charge < -0.3 is 15.2 Å². The molecule has 5 nitrogen and oxygen atoms in total. The lowest BCUT2D eigenvalue weighted by Gasteiger charge is -2.28. The lowest BCUT2D eigenvalue weighted by atomic mass is 9.81. The number of nitrogens with zero attached hydrogens (tertiary/aromatic N) is 1. The number of nitrogens with two attached hydrogens (primary N) is 1. The molecule has 0 radical (unpaired) electrons. The highest BCUT2D eigenvalue weighted by atomic mass is 19.4. The quantitative estimate of drug-likeness (QED) is 0.838. The Morgan fingerprint density at radius 1 is 1.38 bits per heavy atom.